The SMILES string of the molecule is CCC(C)(C)[C@@H]1[C@@H](N)C1(C)C. The van der Waals surface area contributed by atoms with Crippen LogP contribution in [-0.2, 0) is 0 Å². The van der Waals surface area contributed by atoms with Crippen LogP contribution in [0.1, 0.15) is 41.0 Å². The van der Waals surface area contributed by atoms with Crippen LogP contribution in [0.4, 0.5) is 0 Å². The third-order valence-electron chi connectivity index (χ3n) is 3.66. The Labute approximate surface area is 70.4 Å². The largest absolute Gasteiger partial charge is 0.327 e. The Morgan fingerprint density at radius 3 is 1.82 bits per heavy atom. The first-order valence-corrected chi connectivity index (χ1v) is 4.59. The van der Waals surface area contributed by atoms with E-state index in [-0.39, 0.29) is 0 Å². The van der Waals surface area contributed by atoms with E-state index in [9.17, 15) is 0 Å². The van der Waals surface area contributed by atoms with Crippen molar-refractivity contribution in [3.05, 3.63) is 0 Å². The second-order valence-corrected chi connectivity index (χ2v) is 5.17. The summed E-state index contributed by atoms with van der Waals surface area (Å²) in [6, 6.07) is 0.428. The number of hydrogen-bond donors (Lipinski definition) is 1. The molecule has 1 saturated carbocycles. The zero-order chi connectivity index (χ0) is 8.86. The third kappa shape index (κ3) is 1.20. The molecule has 0 spiro atoms. The van der Waals surface area contributed by atoms with E-state index in [2.05, 4.69) is 34.6 Å². The molecule has 0 aromatic heterocycles. The summed E-state index contributed by atoms with van der Waals surface area (Å²) in [5.74, 6) is 0.722. The average molecular weight is 155 g/mol. The van der Waals surface area contributed by atoms with Crippen LogP contribution in [0.2, 0.25) is 0 Å². The van der Waals surface area contributed by atoms with Crippen molar-refractivity contribution in [3.63, 3.8) is 0 Å². The van der Waals surface area contributed by atoms with Crippen LogP contribution in [0, 0.1) is 16.7 Å². The van der Waals surface area contributed by atoms with Gasteiger partial charge in [-0.25, -0.2) is 0 Å². The zero-order valence-corrected chi connectivity index (χ0v) is 8.44. The second kappa shape index (κ2) is 2.22. The maximum absolute atomic E-state index is 6.01. The highest BCUT2D eigenvalue weighted by Gasteiger charge is 2.60. The van der Waals surface area contributed by atoms with Gasteiger partial charge in [-0.3, -0.25) is 0 Å². The summed E-state index contributed by atoms with van der Waals surface area (Å²) in [6.07, 6.45) is 1.23. The standard InChI is InChI=1S/C10H21N/c1-6-9(2,3)7-8(11)10(7,4)5/h7-8H,6,11H2,1-5H3/t7-,8+/m0/s1. The number of nitrogens with two attached hydrogens (primary N) is 1. The number of rotatable bonds is 2. The molecule has 0 aromatic rings. The molecule has 2 atom stereocenters. The summed E-state index contributed by atoms with van der Waals surface area (Å²) >= 11 is 0. The van der Waals surface area contributed by atoms with E-state index in [1.165, 1.54) is 6.42 Å². The van der Waals surface area contributed by atoms with E-state index in [1.54, 1.807) is 0 Å². The molecule has 0 bridgehead atoms. The first-order chi connectivity index (χ1) is 4.84. The van der Waals surface area contributed by atoms with E-state index < -0.39 is 0 Å². The van der Waals surface area contributed by atoms with Gasteiger partial charge in [-0.05, 0) is 16.7 Å². The average Bonchev–Trinajstić information content (AvgIpc) is 2.34. The van der Waals surface area contributed by atoms with Crippen molar-refractivity contribution in [2.75, 3.05) is 0 Å². The van der Waals surface area contributed by atoms with Gasteiger partial charge in [0.15, 0.2) is 0 Å². The Balaban J connectivity index is 2.67. The first kappa shape index (κ1) is 9.05. The molecule has 1 fully saturated rings. The lowest BCUT2D eigenvalue weighted by molar-refractivity contribution is 0.256. The van der Waals surface area contributed by atoms with Crippen LogP contribution in [0.25, 0.3) is 0 Å². The van der Waals surface area contributed by atoms with Crippen LogP contribution < -0.4 is 5.73 Å². The molecule has 2 N–H and O–H groups in total. The van der Waals surface area contributed by atoms with Crippen molar-refractivity contribution in [1.29, 1.82) is 0 Å². The minimum atomic E-state index is 0.388. The van der Waals surface area contributed by atoms with Crippen molar-refractivity contribution in [1.82, 2.24) is 0 Å². The minimum absolute atomic E-state index is 0.388. The van der Waals surface area contributed by atoms with Crippen molar-refractivity contribution in [3.8, 4) is 0 Å². The quantitative estimate of drug-likeness (QED) is 0.651. The molecule has 0 aliphatic heterocycles. The molecule has 1 aliphatic carbocycles. The van der Waals surface area contributed by atoms with Crippen molar-refractivity contribution in [2.24, 2.45) is 22.5 Å². The summed E-state index contributed by atoms with van der Waals surface area (Å²) in [7, 11) is 0. The van der Waals surface area contributed by atoms with Crippen LogP contribution in [-0.4, -0.2) is 6.04 Å². The molecular formula is C10H21N. The fraction of sp³-hybridized carbons (Fsp3) is 1.00. The van der Waals surface area contributed by atoms with Gasteiger partial charge in [-0.1, -0.05) is 41.0 Å². The molecule has 66 valence electrons. The lowest BCUT2D eigenvalue weighted by atomic mass is 9.81. The highest BCUT2D eigenvalue weighted by atomic mass is 14.9. The lowest BCUT2D eigenvalue weighted by Gasteiger charge is -2.24. The van der Waals surface area contributed by atoms with Gasteiger partial charge in [0, 0.05) is 6.04 Å². The molecule has 0 radical (unpaired) electrons. The van der Waals surface area contributed by atoms with Gasteiger partial charge in [0.1, 0.15) is 0 Å². The van der Waals surface area contributed by atoms with E-state index in [1.807, 2.05) is 0 Å². The van der Waals surface area contributed by atoms with Crippen LogP contribution in [0.5, 0.6) is 0 Å². The third-order valence-corrected chi connectivity index (χ3v) is 3.66. The molecule has 1 nitrogen and oxygen atoms in total. The van der Waals surface area contributed by atoms with Crippen LogP contribution in [0.3, 0.4) is 0 Å². The lowest BCUT2D eigenvalue weighted by Crippen LogP contribution is -2.18. The Morgan fingerprint density at radius 1 is 1.36 bits per heavy atom. The smallest absolute Gasteiger partial charge is 0.0133 e. The van der Waals surface area contributed by atoms with Gasteiger partial charge in [0.2, 0.25) is 0 Å². The monoisotopic (exact) mass is 155 g/mol. The Kier molecular flexibility index (Phi) is 1.83. The van der Waals surface area contributed by atoms with Gasteiger partial charge >= 0.3 is 0 Å². The highest BCUT2D eigenvalue weighted by Crippen LogP contribution is 2.60. The van der Waals surface area contributed by atoms with E-state index in [0.29, 0.717) is 16.9 Å². The topological polar surface area (TPSA) is 26.0 Å². The van der Waals surface area contributed by atoms with E-state index >= 15 is 0 Å². The van der Waals surface area contributed by atoms with Gasteiger partial charge in [0.05, 0.1) is 0 Å². The molecule has 1 heteroatoms. The maximum Gasteiger partial charge on any atom is 0.0133 e. The molecule has 0 saturated heterocycles. The molecule has 1 aliphatic rings. The zero-order valence-electron chi connectivity index (χ0n) is 8.44. The molecule has 0 unspecified atom stereocenters. The Hall–Kier alpha value is -0.0400. The fourth-order valence-electron chi connectivity index (χ4n) is 2.39. The van der Waals surface area contributed by atoms with E-state index in [4.69, 9.17) is 5.73 Å². The van der Waals surface area contributed by atoms with Crippen LogP contribution >= 0.6 is 0 Å². The normalized spacial score (nSPS) is 35.5. The first-order valence-electron chi connectivity index (χ1n) is 4.59. The highest BCUT2D eigenvalue weighted by molar-refractivity contribution is 5.13. The predicted octanol–water partition coefficient (Wildman–Crippen LogP) is 2.41. The van der Waals surface area contributed by atoms with Crippen molar-refractivity contribution < 1.29 is 0 Å². The molecule has 0 aromatic carbocycles. The number of hydrogen-bond acceptors (Lipinski definition) is 1. The van der Waals surface area contributed by atoms with Gasteiger partial charge in [0.25, 0.3) is 0 Å². The van der Waals surface area contributed by atoms with Crippen molar-refractivity contribution >= 4 is 0 Å². The van der Waals surface area contributed by atoms with Crippen LogP contribution in [0.15, 0.2) is 0 Å². The Morgan fingerprint density at radius 2 is 1.73 bits per heavy atom. The predicted molar refractivity (Wildman–Crippen MR) is 49.3 cm³/mol. The molecular weight excluding hydrogens is 134 g/mol. The van der Waals surface area contributed by atoms with E-state index in [0.717, 1.165) is 5.92 Å². The molecule has 0 heterocycles. The van der Waals surface area contributed by atoms with Gasteiger partial charge < -0.3 is 5.73 Å². The summed E-state index contributed by atoms with van der Waals surface area (Å²) in [5, 5.41) is 0. The second-order valence-electron chi connectivity index (χ2n) is 5.17. The Bertz CT molecular complexity index is 158. The summed E-state index contributed by atoms with van der Waals surface area (Å²) in [4.78, 5) is 0. The molecule has 0 amide bonds. The summed E-state index contributed by atoms with van der Waals surface area (Å²) in [5.41, 5.74) is 6.83. The molecule has 1 rings (SSSR count). The minimum Gasteiger partial charge on any atom is -0.327 e. The maximum atomic E-state index is 6.01. The summed E-state index contributed by atoms with van der Waals surface area (Å²) < 4.78 is 0. The van der Waals surface area contributed by atoms with Gasteiger partial charge in [-0.15, -0.1) is 0 Å². The summed E-state index contributed by atoms with van der Waals surface area (Å²) in [6.45, 7) is 11.5. The van der Waals surface area contributed by atoms with Crippen molar-refractivity contribution in [2.45, 2.75) is 47.1 Å². The van der Waals surface area contributed by atoms with Gasteiger partial charge in [-0.2, -0.15) is 0 Å². The fourth-order valence-corrected chi connectivity index (χ4v) is 2.39. The molecule has 11 heavy (non-hydrogen) atoms.